The van der Waals surface area contributed by atoms with Crippen LogP contribution in [0.15, 0.2) is 24.3 Å². The maximum Gasteiger partial charge on any atom is 0.233 e. The number of nitrogens with zero attached hydrogens (tertiary/aromatic N) is 3. The number of carbonyl (C=O) groups excluding carboxylic acids is 1. The van der Waals surface area contributed by atoms with Crippen LogP contribution in [0, 0.1) is 0 Å². The van der Waals surface area contributed by atoms with E-state index in [0.29, 0.717) is 12.3 Å². The van der Waals surface area contributed by atoms with Crippen molar-refractivity contribution in [2.75, 3.05) is 25.9 Å². The molecule has 7 heteroatoms. The first-order chi connectivity index (χ1) is 11.1. The normalized spacial score (nSPS) is 14.4. The van der Waals surface area contributed by atoms with Crippen molar-refractivity contribution in [1.82, 2.24) is 14.8 Å². The third kappa shape index (κ3) is 4.22. The number of benzene rings is 1. The highest BCUT2D eigenvalue weighted by molar-refractivity contribution is 8.23. The fourth-order valence-electron chi connectivity index (χ4n) is 2.50. The number of fused-ring (bicyclic) bond motifs is 1. The Kier molecular flexibility index (Phi) is 5.50. The van der Waals surface area contributed by atoms with E-state index in [1.807, 2.05) is 25.2 Å². The highest BCUT2D eigenvalue weighted by atomic mass is 32.2. The molecule has 1 aromatic carbocycles. The molecule has 0 bridgehead atoms. The molecule has 0 spiro atoms. The molecule has 2 heterocycles. The summed E-state index contributed by atoms with van der Waals surface area (Å²) in [4.78, 5) is 20.8. The van der Waals surface area contributed by atoms with Crippen molar-refractivity contribution in [2.24, 2.45) is 0 Å². The van der Waals surface area contributed by atoms with Gasteiger partial charge in [-0.25, -0.2) is 4.98 Å². The Balaban J connectivity index is 1.51. The van der Waals surface area contributed by atoms with Gasteiger partial charge in [0, 0.05) is 20.1 Å². The van der Waals surface area contributed by atoms with Crippen LogP contribution in [0.1, 0.15) is 17.8 Å². The fourth-order valence-corrected chi connectivity index (χ4v) is 4.72. The van der Waals surface area contributed by atoms with Gasteiger partial charge >= 0.3 is 0 Å². The van der Waals surface area contributed by atoms with Crippen LogP contribution in [0.5, 0.6) is 0 Å². The number of likely N-dealkylation sites (tertiary alicyclic amines) is 1. The SMILES string of the molecule is CN(Cc1nc2ccccc2s1)C(=O)CSC(=S)N1CCCC1. The molecule has 23 heavy (non-hydrogen) atoms. The lowest BCUT2D eigenvalue weighted by molar-refractivity contribution is -0.127. The van der Waals surface area contributed by atoms with Crippen LogP contribution in [0.4, 0.5) is 0 Å². The zero-order valence-electron chi connectivity index (χ0n) is 13.0. The van der Waals surface area contributed by atoms with Gasteiger partial charge < -0.3 is 9.80 Å². The third-order valence-electron chi connectivity index (χ3n) is 3.82. The molecule has 1 aromatic heterocycles. The number of rotatable bonds is 4. The van der Waals surface area contributed by atoms with E-state index < -0.39 is 0 Å². The number of thiazole rings is 1. The number of carbonyl (C=O) groups is 1. The average Bonchev–Trinajstić information content (AvgIpc) is 3.20. The van der Waals surface area contributed by atoms with Crippen molar-refractivity contribution < 1.29 is 4.79 Å². The van der Waals surface area contributed by atoms with E-state index in [-0.39, 0.29) is 5.91 Å². The van der Waals surface area contributed by atoms with Crippen molar-refractivity contribution in [3.05, 3.63) is 29.3 Å². The van der Waals surface area contributed by atoms with Crippen LogP contribution in [-0.4, -0.2) is 50.9 Å². The minimum Gasteiger partial charge on any atom is -0.358 e. The number of para-hydroxylation sites is 1. The van der Waals surface area contributed by atoms with Crippen molar-refractivity contribution >= 4 is 55.8 Å². The molecule has 1 aliphatic heterocycles. The molecule has 2 aromatic rings. The molecule has 0 atom stereocenters. The second kappa shape index (κ2) is 7.59. The van der Waals surface area contributed by atoms with E-state index in [2.05, 4.69) is 16.0 Å². The second-order valence-electron chi connectivity index (χ2n) is 5.57. The van der Waals surface area contributed by atoms with Crippen LogP contribution >= 0.6 is 35.3 Å². The molecule has 122 valence electrons. The van der Waals surface area contributed by atoms with Gasteiger partial charge in [0.05, 0.1) is 22.5 Å². The Morgan fingerprint density at radius 2 is 2.13 bits per heavy atom. The van der Waals surface area contributed by atoms with Gasteiger partial charge in [0.1, 0.15) is 9.33 Å². The van der Waals surface area contributed by atoms with Crippen LogP contribution in [0.3, 0.4) is 0 Å². The first kappa shape index (κ1) is 16.7. The van der Waals surface area contributed by atoms with E-state index in [0.717, 1.165) is 32.6 Å². The molecule has 0 radical (unpaired) electrons. The molecule has 1 aliphatic rings. The molecule has 1 saturated heterocycles. The Labute approximate surface area is 149 Å². The Hall–Kier alpha value is -1.18. The van der Waals surface area contributed by atoms with Crippen LogP contribution in [0.25, 0.3) is 10.2 Å². The van der Waals surface area contributed by atoms with E-state index in [1.54, 1.807) is 16.2 Å². The van der Waals surface area contributed by atoms with Crippen LogP contribution in [-0.2, 0) is 11.3 Å². The predicted octanol–water partition coefficient (Wildman–Crippen LogP) is 3.37. The fraction of sp³-hybridized carbons (Fsp3) is 0.438. The summed E-state index contributed by atoms with van der Waals surface area (Å²) in [7, 11) is 1.83. The zero-order valence-corrected chi connectivity index (χ0v) is 15.5. The largest absolute Gasteiger partial charge is 0.358 e. The highest BCUT2D eigenvalue weighted by Crippen LogP contribution is 2.23. The molecule has 1 amide bonds. The van der Waals surface area contributed by atoms with Gasteiger partial charge in [-0.2, -0.15) is 0 Å². The van der Waals surface area contributed by atoms with Crippen molar-refractivity contribution in [3.8, 4) is 0 Å². The highest BCUT2D eigenvalue weighted by Gasteiger charge is 2.18. The molecule has 0 N–H and O–H groups in total. The summed E-state index contributed by atoms with van der Waals surface area (Å²) in [6.45, 7) is 2.61. The topological polar surface area (TPSA) is 36.4 Å². The van der Waals surface area contributed by atoms with E-state index in [1.165, 1.54) is 24.6 Å². The average molecular weight is 366 g/mol. The molecular formula is C16H19N3OS3. The minimum absolute atomic E-state index is 0.0933. The summed E-state index contributed by atoms with van der Waals surface area (Å²) in [6.07, 6.45) is 2.40. The molecule has 0 unspecified atom stereocenters. The minimum atomic E-state index is 0.0933. The number of thioether (sulfide) groups is 1. The number of hydrogen-bond acceptors (Lipinski definition) is 5. The number of hydrogen-bond donors (Lipinski definition) is 0. The Morgan fingerprint density at radius 1 is 1.39 bits per heavy atom. The predicted molar refractivity (Wildman–Crippen MR) is 102 cm³/mol. The lowest BCUT2D eigenvalue weighted by atomic mass is 10.3. The first-order valence-corrected chi connectivity index (χ1v) is 9.84. The van der Waals surface area contributed by atoms with Gasteiger partial charge in [-0.15, -0.1) is 11.3 Å². The van der Waals surface area contributed by atoms with E-state index in [4.69, 9.17) is 12.2 Å². The zero-order chi connectivity index (χ0) is 16.2. The van der Waals surface area contributed by atoms with Crippen molar-refractivity contribution in [3.63, 3.8) is 0 Å². The number of thiocarbonyl (C=S) groups is 1. The molecule has 0 aliphatic carbocycles. The maximum atomic E-state index is 12.3. The molecule has 4 nitrogen and oxygen atoms in total. The summed E-state index contributed by atoms with van der Waals surface area (Å²) in [5.41, 5.74) is 0.998. The lowest BCUT2D eigenvalue weighted by Crippen LogP contribution is -2.30. The first-order valence-electron chi connectivity index (χ1n) is 7.63. The van der Waals surface area contributed by atoms with Crippen molar-refractivity contribution in [2.45, 2.75) is 19.4 Å². The molecule has 1 fully saturated rings. The van der Waals surface area contributed by atoms with Gasteiger partial charge in [0.15, 0.2) is 0 Å². The molecule has 0 saturated carbocycles. The molecule has 3 rings (SSSR count). The molecular weight excluding hydrogens is 346 g/mol. The van der Waals surface area contributed by atoms with E-state index >= 15 is 0 Å². The standard InChI is InChI=1S/C16H19N3OS3/c1-18(10-14-17-12-6-2-3-7-13(12)23-14)15(20)11-22-16(21)19-8-4-5-9-19/h2-3,6-7H,4-5,8-11H2,1H3. The lowest BCUT2D eigenvalue weighted by Gasteiger charge is -2.19. The Morgan fingerprint density at radius 3 is 2.87 bits per heavy atom. The van der Waals surface area contributed by atoms with E-state index in [9.17, 15) is 4.79 Å². The maximum absolute atomic E-state index is 12.3. The summed E-state index contributed by atoms with van der Waals surface area (Å²) in [5, 5.41) is 0.967. The van der Waals surface area contributed by atoms with Crippen LogP contribution in [0.2, 0.25) is 0 Å². The summed E-state index contributed by atoms with van der Waals surface area (Å²) >= 11 is 8.52. The van der Waals surface area contributed by atoms with Gasteiger partial charge in [0.25, 0.3) is 0 Å². The van der Waals surface area contributed by atoms with Gasteiger partial charge in [-0.3, -0.25) is 4.79 Å². The smallest absolute Gasteiger partial charge is 0.233 e. The third-order valence-corrected chi connectivity index (χ3v) is 6.35. The number of aromatic nitrogens is 1. The van der Waals surface area contributed by atoms with Gasteiger partial charge in [-0.1, -0.05) is 36.1 Å². The van der Waals surface area contributed by atoms with Crippen LogP contribution < -0.4 is 0 Å². The van der Waals surface area contributed by atoms with Crippen molar-refractivity contribution in [1.29, 1.82) is 0 Å². The summed E-state index contributed by atoms with van der Waals surface area (Å²) < 4.78 is 2.01. The second-order valence-corrected chi connectivity index (χ2v) is 8.30. The van der Waals surface area contributed by atoms with Gasteiger partial charge in [0.2, 0.25) is 5.91 Å². The van der Waals surface area contributed by atoms with Gasteiger partial charge in [-0.05, 0) is 25.0 Å². The summed E-state index contributed by atoms with van der Waals surface area (Å²) in [6, 6.07) is 8.05. The Bertz CT molecular complexity index is 676. The monoisotopic (exact) mass is 365 g/mol. The summed E-state index contributed by atoms with van der Waals surface area (Å²) in [5.74, 6) is 0.493. The quantitative estimate of drug-likeness (QED) is 0.777. The number of amides is 1.